The predicted molar refractivity (Wildman–Crippen MR) is 97.8 cm³/mol. The van der Waals surface area contributed by atoms with Crippen LogP contribution in [-0.4, -0.2) is 45.6 Å². The van der Waals surface area contributed by atoms with E-state index >= 15 is 0 Å². The van der Waals surface area contributed by atoms with E-state index in [2.05, 4.69) is 37.1 Å². The van der Waals surface area contributed by atoms with Crippen LogP contribution in [0.5, 0.6) is 0 Å². The number of para-hydroxylation sites is 1. The second kappa shape index (κ2) is 8.18. The van der Waals surface area contributed by atoms with Crippen LogP contribution in [0.1, 0.15) is 39.2 Å². The molecule has 0 spiro atoms. The SMILES string of the molecule is CC(C)(C)SCC(=O)Nc1ccccc1CN1CCC(O)CC1. The highest BCUT2D eigenvalue weighted by Crippen LogP contribution is 2.24. The van der Waals surface area contributed by atoms with Crippen molar-refractivity contribution in [2.45, 2.75) is 51.0 Å². The lowest BCUT2D eigenvalue weighted by atomic mass is 10.1. The van der Waals surface area contributed by atoms with Gasteiger partial charge in [0.25, 0.3) is 0 Å². The Bertz CT molecular complexity index is 520. The molecule has 23 heavy (non-hydrogen) atoms. The molecule has 1 amide bonds. The van der Waals surface area contributed by atoms with Gasteiger partial charge < -0.3 is 10.4 Å². The highest BCUT2D eigenvalue weighted by atomic mass is 32.2. The van der Waals surface area contributed by atoms with Gasteiger partial charge in [-0.2, -0.15) is 0 Å². The molecule has 1 aliphatic heterocycles. The van der Waals surface area contributed by atoms with Crippen molar-refractivity contribution in [3.05, 3.63) is 29.8 Å². The molecule has 0 bridgehead atoms. The third-order valence-corrected chi connectivity index (χ3v) is 5.15. The lowest BCUT2D eigenvalue weighted by Gasteiger charge is -2.30. The Morgan fingerprint density at radius 1 is 1.30 bits per heavy atom. The zero-order valence-electron chi connectivity index (χ0n) is 14.3. The van der Waals surface area contributed by atoms with E-state index in [1.807, 2.05) is 18.2 Å². The number of hydrogen-bond donors (Lipinski definition) is 2. The molecule has 0 unspecified atom stereocenters. The molecule has 1 heterocycles. The summed E-state index contributed by atoms with van der Waals surface area (Å²) >= 11 is 1.65. The van der Waals surface area contributed by atoms with E-state index in [0.29, 0.717) is 5.75 Å². The number of nitrogens with one attached hydrogen (secondary N) is 1. The Kier molecular flexibility index (Phi) is 6.50. The number of carbonyl (C=O) groups is 1. The molecule has 0 radical (unpaired) electrons. The number of thioether (sulfide) groups is 1. The van der Waals surface area contributed by atoms with E-state index in [0.717, 1.165) is 43.7 Å². The van der Waals surface area contributed by atoms with Crippen molar-refractivity contribution >= 4 is 23.4 Å². The van der Waals surface area contributed by atoms with Crippen LogP contribution in [-0.2, 0) is 11.3 Å². The van der Waals surface area contributed by atoms with Gasteiger partial charge >= 0.3 is 0 Å². The number of aliphatic hydroxyl groups is 1. The molecule has 128 valence electrons. The Labute approximate surface area is 143 Å². The predicted octanol–water partition coefficient (Wildman–Crippen LogP) is 3.11. The van der Waals surface area contributed by atoms with Crippen LogP contribution in [0.4, 0.5) is 5.69 Å². The number of nitrogens with zero attached hydrogens (tertiary/aromatic N) is 1. The maximum absolute atomic E-state index is 12.2. The van der Waals surface area contributed by atoms with Gasteiger partial charge in [0.15, 0.2) is 0 Å². The lowest BCUT2D eigenvalue weighted by molar-refractivity contribution is -0.113. The minimum atomic E-state index is -0.157. The molecule has 0 aromatic heterocycles. The van der Waals surface area contributed by atoms with Gasteiger partial charge in [-0.15, -0.1) is 11.8 Å². The number of anilines is 1. The van der Waals surface area contributed by atoms with E-state index in [1.54, 1.807) is 11.8 Å². The Morgan fingerprint density at radius 2 is 1.96 bits per heavy atom. The van der Waals surface area contributed by atoms with Gasteiger partial charge in [0.05, 0.1) is 11.9 Å². The molecule has 0 aliphatic carbocycles. The minimum Gasteiger partial charge on any atom is -0.393 e. The summed E-state index contributed by atoms with van der Waals surface area (Å²) in [5, 5.41) is 12.7. The third-order valence-electron chi connectivity index (χ3n) is 3.88. The van der Waals surface area contributed by atoms with Crippen LogP contribution in [0.2, 0.25) is 0 Å². The molecule has 0 saturated carbocycles. The monoisotopic (exact) mass is 336 g/mol. The number of rotatable bonds is 5. The van der Waals surface area contributed by atoms with Crippen molar-refractivity contribution < 1.29 is 9.90 Å². The summed E-state index contributed by atoms with van der Waals surface area (Å²) in [6.07, 6.45) is 1.50. The van der Waals surface area contributed by atoms with Crippen LogP contribution in [0.15, 0.2) is 24.3 Å². The van der Waals surface area contributed by atoms with Gasteiger partial charge in [0.2, 0.25) is 5.91 Å². The highest BCUT2D eigenvalue weighted by molar-refractivity contribution is 8.01. The third kappa shape index (κ3) is 6.53. The molecule has 1 aliphatic rings. The second-order valence-corrected chi connectivity index (χ2v) is 8.92. The molecule has 2 rings (SSSR count). The summed E-state index contributed by atoms with van der Waals surface area (Å²) in [4.78, 5) is 14.5. The number of piperidine rings is 1. The largest absolute Gasteiger partial charge is 0.393 e. The average Bonchev–Trinajstić information content (AvgIpc) is 2.49. The fraction of sp³-hybridized carbons (Fsp3) is 0.611. The van der Waals surface area contributed by atoms with E-state index in [1.165, 1.54) is 0 Å². The van der Waals surface area contributed by atoms with Crippen molar-refractivity contribution in [3.63, 3.8) is 0 Å². The fourth-order valence-electron chi connectivity index (χ4n) is 2.57. The van der Waals surface area contributed by atoms with Gasteiger partial charge in [-0.05, 0) is 24.5 Å². The van der Waals surface area contributed by atoms with Gasteiger partial charge in [-0.25, -0.2) is 0 Å². The number of aliphatic hydroxyl groups excluding tert-OH is 1. The smallest absolute Gasteiger partial charge is 0.234 e. The molecule has 0 atom stereocenters. The lowest BCUT2D eigenvalue weighted by Crippen LogP contribution is -2.35. The number of benzene rings is 1. The average molecular weight is 337 g/mol. The summed E-state index contributed by atoms with van der Waals surface area (Å²) in [6.45, 7) is 8.97. The molecular formula is C18H28N2O2S. The molecule has 1 fully saturated rings. The Morgan fingerprint density at radius 3 is 2.61 bits per heavy atom. The maximum Gasteiger partial charge on any atom is 0.234 e. The molecular weight excluding hydrogens is 308 g/mol. The molecule has 1 saturated heterocycles. The summed E-state index contributed by atoms with van der Waals surface area (Å²) < 4.78 is 0.0888. The Balaban J connectivity index is 1.93. The molecule has 1 aromatic rings. The van der Waals surface area contributed by atoms with Crippen molar-refractivity contribution in [2.75, 3.05) is 24.2 Å². The first-order valence-electron chi connectivity index (χ1n) is 8.25. The molecule has 2 N–H and O–H groups in total. The molecule has 4 nitrogen and oxygen atoms in total. The summed E-state index contributed by atoms with van der Waals surface area (Å²) in [5.74, 6) is 0.514. The van der Waals surface area contributed by atoms with Gasteiger partial charge in [0.1, 0.15) is 0 Å². The Hall–Kier alpha value is -1.04. The van der Waals surface area contributed by atoms with Crippen LogP contribution in [0, 0.1) is 0 Å². The standard InChI is InChI=1S/C18H28N2O2S/c1-18(2,3)23-13-17(22)19-16-7-5-4-6-14(16)12-20-10-8-15(21)9-11-20/h4-7,15,21H,8-13H2,1-3H3,(H,19,22). The van der Waals surface area contributed by atoms with E-state index in [9.17, 15) is 9.90 Å². The minimum absolute atomic E-state index is 0.0476. The number of hydrogen-bond acceptors (Lipinski definition) is 4. The first-order valence-corrected chi connectivity index (χ1v) is 9.24. The fourth-order valence-corrected chi connectivity index (χ4v) is 3.20. The van der Waals surface area contributed by atoms with E-state index in [4.69, 9.17) is 0 Å². The van der Waals surface area contributed by atoms with Gasteiger partial charge in [-0.3, -0.25) is 9.69 Å². The number of carbonyl (C=O) groups excluding carboxylic acids is 1. The van der Waals surface area contributed by atoms with Crippen LogP contribution < -0.4 is 5.32 Å². The van der Waals surface area contributed by atoms with E-state index in [-0.39, 0.29) is 16.8 Å². The second-order valence-electron chi connectivity index (χ2n) is 7.11. The van der Waals surface area contributed by atoms with Crippen LogP contribution in [0.3, 0.4) is 0 Å². The number of likely N-dealkylation sites (tertiary alicyclic amines) is 1. The molecule has 1 aromatic carbocycles. The summed E-state index contributed by atoms with van der Waals surface area (Å²) in [5.41, 5.74) is 2.04. The van der Waals surface area contributed by atoms with Crippen molar-refractivity contribution in [1.29, 1.82) is 0 Å². The van der Waals surface area contributed by atoms with Crippen LogP contribution in [0.25, 0.3) is 0 Å². The zero-order valence-corrected chi connectivity index (χ0v) is 15.2. The molecule has 5 heteroatoms. The van der Waals surface area contributed by atoms with Gasteiger partial charge in [-0.1, -0.05) is 39.0 Å². The first kappa shape index (κ1) is 18.3. The highest BCUT2D eigenvalue weighted by Gasteiger charge is 2.18. The number of amides is 1. The first-order chi connectivity index (χ1) is 10.8. The maximum atomic E-state index is 12.2. The van der Waals surface area contributed by atoms with E-state index < -0.39 is 0 Å². The van der Waals surface area contributed by atoms with Crippen molar-refractivity contribution in [2.24, 2.45) is 0 Å². The van der Waals surface area contributed by atoms with Crippen molar-refractivity contribution in [1.82, 2.24) is 4.90 Å². The summed E-state index contributed by atoms with van der Waals surface area (Å²) in [6, 6.07) is 8.00. The zero-order chi connectivity index (χ0) is 16.9. The van der Waals surface area contributed by atoms with Crippen molar-refractivity contribution in [3.8, 4) is 0 Å². The quantitative estimate of drug-likeness (QED) is 0.867. The van der Waals surface area contributed by atoms with Crippen LogP contribution >= 0.6 is 11.8 Å². The normalized spacial score (nSPS) is 17.2. The topological polar surface area (TPSA) is 52.6 Å². The van der Waals surface area contributed by atoms with Gasteiger partial charge in [0, 0.05) is 30.1 Å². The summed E-state index contributed by atoms with van der Waals surface area (Å²) in [7, 11) is 0.